The second-order valence-electron chi connectivity index (χ2n) is 8.91. The highest BCUT2D eigenvalue weighted by molar-refractivity contribution is 7.89. The lowest BCUT2D eigenvalue weighted by molar-refractivity contribution is -0.136. The van der Waals surface area contributed by atoms with Crippen LogP contribution in [0.2, 0.25) is 0 Å². The van der Waals surface area contributed by atoms with Crippen LogP contribution in [0, 0.1) is 11.7 Å². The second kappa shape index (κ2) is 9.19. The number of carboxylic acid groups (broad SMARTS) is 1. The Morgan fingerprint density at radius 3 is 2.54 bits per heavy atom. The molecule has 2 aromatic carbocycles. The van der Waals surface area contributed by atoms with Gasteiger partial charge >= 0.3 is 5.97 Å². The van der Waals surface area contributed by atoms with Crippen LogP contribution in [0.4, 0.5) is 8.78 Å². The fourth-order valence-corrected chi connectivity index (χ4v) is 6.58. The van der Waals surface area contributed by atoms with Gasteiger partial charge in [-0.05, 0) is 56.3 Å². The first-order valence-corrected chi connectivity index (χ1v) is 12.7. The first-order chi connectivity index (χ1) is 16.5. The van der Waals surface area contributed by atoms with Crippen LogP contribution >= 0.6 is 0 Å². The minimum absolute atomic E-state index is 0.00332. The van der Waals surface area contributed by atoms with Crippen LogP contribution in [0.5, 0.6) is 5.75 Å². The lowest BCUT2D eigenvalue weighted by Crippen LogP contribution is -2.49. The van der Waals surface area contributed by atoms with Crippen molar-refractivity contribution in [2.45, 2.75) is 43.7 Å². The Kier molecular flexibility index (Phi) is 6.58. The first kappa shape index (κ1) is 25.1. The zero-order valence-corrected chi connectivity index (χ0v) is 20.4. The molecule has 11 heteroatoms. The molecule has 0 saturated carbocycles. The monoisotopic (exact) mass is 507 g/mol. The molecule has 0 unspecified atom stereocenters. The van der Waals surface area contributed by atoms with Gasteiger partial charge in [0.05, 0.1) is 40.7 Å². The van der Waals surface area contributed by atoms with E-state index in [1.807, 2.05) is 6.92 Å². The van der Waals surface area contributed by atoms with E-state index in [9.17, 15) is 27.1 Å². The summed E-state index contributed by atoms with van der Waals surface area (Å²) in [4.78, 5) is 11.4. The Hall–Kier alpha value is -3.05. The van der Waals surface area contributed by atoms with E-state index in [2.05, 4.69) is 5.10 Å². The molecule has 1 fully saturated rings. The fourth-order valence-electron chi connectivity index (χ4n) is 4.73. The highest BCUT2D eigenvalue weighted by Crippen LogP contribution is 2.45. The van der Waals surface area contributed by atoms with Crippen molar-refractivity contribution < 1.29 is 31.8 Å². The molecule has 1 aliphatic rings. The van der Waals surface area contributed by atoms with Gasteiger partial charge in [0, 0.05) is 17.8 Å². The fraction of sp³-hybridized carbons (Fsp3) is 0.417. The number of fused-ring (bicyclic) bond motifs is 1. The van der Waals surface area contributed by atoms with E-state index in [0.29, 0.717) is 23.3 Å². The number of ether oxygens (including phenoxy) is 1. The third-order valence-corrected chi connectivity index (χ3v) is 8.87. The zero-order valence-electron chi connectivity index (χ0n) is 19.6. The van der Waals surface area contributed by atoms with E-state index in [1.54, 1.807) is 19.1 Å². The predicted octanol–water partition coefficient (Wildman–Crippen LogP) is 3.81. The van der Waals surface area contributed by atoms with Crippen molar-refractivity contribution in [3.8, 4) is 5.75 Å². The zero-order chi connectivity index (χ0) is 25.5. The number of sulfonamides is 1. The summed E-state index contributed by atoms with van der Waals surface area (Å²) in [6.07, 6.45) is -0.384. The summed E-state index contributed by atoms with van der Waals surface area (Å²) in [7, 11) is -4.11. The number of benzene rings is 2. The molecule has 0 aliphatic carbocycles. The number of hydrogen-bond donors (Lipinski definition) is 1. The summed E-state index contributed by atoms with van der Waals surface area (Å²) >= 11 is 0. The Morgan fingerprint density at radius 1 is 1.26 bits per heavy atom. The van der Waals surface area contributed by atoms with Crippen LogP contribution in [0.25, 0.3) is 10.9 Å². The van der Waals surface area contributed by atoms with Gasteiger partial charge in [0.2, 0.25) is 10.0 Å². The number of carboxylic acids is 1. The van der Waals surface area contributed by atoms with Gasteiger partial charge in [-0.2, -0.15) is 9.40 Å². The van der Waals surface area contributed by atoms with Crippen LogP contribution in [-0.4, -0.2) is 58.9 Å². The molecule has 1 saturated heterocycles. The highest BCUT2D eigenvalue weighted by Gasteiger charge is 2.55. The third kappa shape index (κ3) is 4.27. The van der Waals surface area contributed by atoms with Gasteiger partial charge < -0.3 is 9.84 Å². The van der Waals surface area contributed by atoms with Crippen LogP contribution in [0.3, 0.4) is 0 Å². The standard InChI is InChI=1S/C24H27F2N3O5S/c1-4-34-17-6-8-18(9-7-17)35(32,33)28-13-22(15(2)24(28,3)14-25)29-21-11-16(26)5-10-19(21)20(27-29)12-23(30)31/h5-11,15,22H,4,12-14H2,1-3H3,(H,30,31)/t15-,22-,24-/m0/s1. The maximum Gasteiger partial charge on any atom is 0.309 e. The molecule has 0 radical (unpaired) electrons. The molecular weight excluding hydrogens is 480 g/mol. The van der Waals surface area contributed by atoms with E-state index in [1.165, 1.54) is 41.9 Å². The summed E-state index contributed by atoms with van der Waals surface area (Å²) in [5.74, 6) is -1.69. The molecule has 0 spiro atoms. The lowest BCUT2D eigenvalue weighted by Gasteiger charge is -2.34. The van der Waals surface area contributed by atoms with E-state index in [0.717, 1.165) is 4.31 Å². The van der Waals surface area contributed by atoms with Gasteiger partial charge in [0.25, 0.3) is 0 Å². The Balaban J connectivity index is 1.79. The molecule has 2 heterocycles. The molecule has 3 aromatic rings. The van der Waals surface area contributed by atoms with Gasteiger partial charge in [-0.15, -0.1) is 0 Å². The number of rotatable bonds is 8. The number of hydrogen-bond acceptors (Lipinski definition) is 5. The average Bonchev–Trinajstić information content (AvgIpc) is 3.29. The van der Waals surface area contributed by atoms with Crippen LogP contribution in [0.15, 0.2) is 47.4 Å². The van der Waals surface area contributed by atoms with Crippen LogP contribution in [0.1, 0.15) is 32.5 Å². The SMILES string of the molecule is CCOc1ccc(S(=O)(=O)N2C[C@H](n3nc(CC(=O)O)c4ccc(F)cc43)[C@H](C)[C@]2(C)CF)cc1. The number of aromatic nitrogens is 2. The largest absolute Gasteiger partial charge is 0.494 e. The van der Waals surface area contributed by atoms with Gasteiger partial charge in [0.15, 0.2) is 0 Å². The quantitative estimate of drug-likeness (QED) is 0.498. The molecule has 0 amide bonds. The summed E-state index contributed by atoms with van der Waals surface area (Å²) in [6, 6.07) is 9.17. The number of carbonyl (C=O) groups is 1. The van der Waals surface area contributed by atoms with Crippen LogP contribution in [-0.2, 0) is 21.2 Å². The molecule has 3 atom stereocenters. The van der Waals surface area contributed by atoms with E-state index < -0.39 is 46.0 Å². The van der Waals surface area contributed by atoms with Gasteiger partial charge in [-0.25, -0.2) is 17.2 Å². The normalized spacial score (nSPS) is 23.1. The topological polar surface area (TPSA) is 102 Å². The molecular formula is C24H27F2N3O5S. The van der Waals surface area contributed by atoms with Crippen molar-refractivity contribution in [3.63, 3.8) is 0 Å². The molecule has 1 N–H and O–H groups in total. The van der Waals surface area contributed by atoms with Crippen molar-refractivity contribution in [1.82, 2.24) is 14.1 Å². The van der Waals surface area contributed by atoms with Crippen molar-refractivity contribution in [1.29, 1.82) is 0 Å². The second-order valence-corrected chi connectivity index (χ2v) is 10.8. The Morgan fingerprint density at radius 2 is 1.94 bits per heavy atom. The summed E-state index contributed by atoms with van der Waals surface area (Å²) in [5.41, 5.74) is -0.838. The number of nitrogens with zero attached hydrogens (tertiary/aromatic N) is 3. The maximum absolute atomic E-state index is 14.5. The minimum Gasteiger partial charge on any atom is -0.494 e. The Bertz CT molecular complexity index is 1360. The molecule has 188 valence electrons. The van der Waals surface area contributed by atoms with Crippen molar-refractivity contribution in [2.24, 2.45) is 5.92 Å². The van der Waals surface area contributed by atoms with Gasteiger partial charge in [-0.1, -0.05) is 6.92 Å². The van der Waals surface area contributed by atoms with Gasteiger partial charge in [-0.3, -0.25) is 9.48 Å². The van der Waals surface area contributed by atoms with Crippen molar-refractivity contribution in [2.75, 3.05) is 19.8 Å². The smallest absolute Gasteiger partial charge is 0.309 e. The van der Waals surface area contributed by atoms with E-state index in [-0.39, 0.29) is 23.6 Å². The third-order valence-electron chi connectivity index (χ3n) is 6.85. The number of alkyl halides is 1. The first-order valence-electron chi connectivity index (χ1n) is 11.2. The molecule has 1 aromatic heterocycles. The molecule has 4 rings (SSSR count). The summed E-state index contributed by atoms with van der Waals surface area (Å²) in [6.45, 7) is 4.44. The van der Waals surface area contributed by atoms with Gasteiger partial charge in [0.1, 0.15) is 18.2 Å². The number of halogens is 2. The number of aliphatic carboxylic acids is 1. The Labute approximate surface area is 202 Å². The molecule has 0 bridgehead atoms. The highest BCUT2D eigenvalue weighted by atomic mass is 32.2. The average molecular weight is 508 g/mol. The van der Waals surface area contributed by atoms with Crippen molar-refractivity contribution >= 4 is 26.9 Å². The van der Waals surface area contributed by atoms with Crippen LogP contribution < -0.4 is 4.74 Å². The summed E-state index contributed by atoms with van der Waals surface area (Å²) < 4.78 is 63.9. The van der Waals surface area contributed by atoms with Crippen molar-refractivity contribution in [3.05, 3.63) is 54.0 Å². The van der Waals surface area contributed by atoms with E-state index in [4.69, 9.17) is 4.74 Å². The van der Waals surface area contributed by atoms with E-state index >= 15 is 0 Å². The molecule has 1 aliphatic heterocycles. The minimum atomic E-state index is -4.11. The molecule has 8 nitrogen and oxygen atoms in total. The maximum atomic E-state index is 14.5. The molecule has 35 heavy (non-hydrogen) atoms. The lowest BCUT2D eigenvalue weighted by atomic mass is 9.87. The summed E-state index contributed by atoms with van der Waals surface area (Å²) in [5, 5.41) is 14.2. The predicted molar refractivity (Wildman–Crippen MR) is 125 cm³/mol.